The van der Waals surface area contributed by atoms with Gasteiger partial charge in [-0.1, -0.05) is 24.4 Å². The molecule has 0 aromatic heterocycles. The lowest BCUT2D eigenvalue weighted by Gasteiger charge is -2.40. The van der Waals surface area contributed by atoms with E-state index in [2.05, 4.69) is 0 Å². The lowest BCUT2D eigenvalue weighted by Crippen LogP contribution is -2.41. The molecule has 1 aliphatic carbocycles. The molecule has 1 heterocycles. The molecule has 1 saturated carbocycles. The second kappa shape index (κ2) is 6.91. The minimum Gasteiger partial charge on any atom is -0.392 e. The minimum atomic E-state index is -0.243. The number of halogens is 1. The van der Waals surface area contributed by atoms with Gasteiger partial charge in [-0.15, -0.1) is 11.8 Å². The van der Waals surface area contributed by atoms with Gasteiger partial charge in [0.05, 0.1) is 11.7 Å². The van der Waals surface area contributed by atoms with Gasteiger partial charge in [0.2, 0.25) is 0 Å². The van der Waals surface area contributed by atoms with Crippen LogP contribution in [-0.2, 0) is 4.74 Å². The molecule has 3 rings (SSSR count). The van der Waals surface area contributed by atoms with E-state index in [9.17, 15) is 5.11 Å². The van der Waals surface area contributed by atoms with Crippen LogP contribution in [-0.4, -0.2) is 29.2 Å². The predicted molar refractivity (Wildman–Crippen MR) is 88.1 cm³/mol. The van der Waals surface area contributed by atoms with Crippen molar-refractivity contribution in [2.75, 3.05) is 12.4 Å². The Balaban J connectivity index is 1.52. The van der Waals surface area contributed by atoms with Gasteiger partial charge in [-0.2, -0.15) is 0 Å². The molecule has 0 bridgehead atoms. The number of benzene rings is 1. The molecule has 2 nitrogen and oxygen atoms in total. The highest BCUT2D eigenvalue weighted by molar-refractivity contribution is 7.99. The average Bonchev–Trinajstić information content (AvgIpc) is 2.94. The molecule has 1 aromatic rings. The number of aliphatic hydroxyl groups is 1. The van der Waals surface area contributed by atoms with Gasteiger partial charge in [-0.05, 0) is 55.9 Å². The van der Waals surface area contributed by atoms with Gasteiger partial charge >= 0.3 is 0 Å². The Morgan fingerprint density at radius 1 is 1.29 bits per heavy atom. The van der Waals surface area contributed by atoms with Crippen molar-refractivity contribution < 1.29 is 9.84 Å². The molecule has 2 fully saturated rings. The molecule has 2 unspecified atom stereocenters. The van der Waals surface area contributed by atoms with Crippen LogP contribution in [0.2, 0.25) is 5.02 Å². The van der Waals surface area contributed by atoms with Gasteiger partial charge in [0.15, 0.2) is 0 Å². The third kappa shape index (κ3) is 3.95. The molecule has 4 heteroatoms. The van der Waals surface area contributed by atoms with E-state index in [4.69, 9.17) is 16.3 Å². The molecule has 0 radical (unpaired) electrons. The number of thioether (sulfide) groups is 1. The first-order valence-corrected chi connectivity index (χ1v) is 9.24. The molecular weight excluding hydrogens is 304 g/mol. The fraction of sp³-hybridized carbons (Fsp3) is 0.647. The van der Waals surface area contributed by atoms with Gasteiger partial charge < -0.3 is 9.84 Å². The monoisotopic (exact) mass is 326 g/mol. The largest absolute Gasteiger partial charge is 0.392 e. The van der Waals surface area contributed by atoms with Crippen LogP contribution < -0.4 is 0 Å². The van der Waals surface area contributed by atoms with Crippen molar-refractivity contribution in [3.05, 3.63) is 29.3 Å². The Morgan fingerprint density at radius 2 is 2.00 bits per heavy atom. The summed E-state index contributed by atoms with van der Waals surface area (Å²) in [6.45, 7) is 0.813. The normalized spacial score (nSPS) is 26.1. The van der Waals surface area contributed by atoms with E-state index in [1.165, 1.54) is 30.6 Å². The molecule has 2 atom stereocenters. The second-order valence-corrected chi connectivity index (χ2v) is 7.85. The van der Waals surface area contributed by atoms with Crippen LogP contribution in [0.25, 0.3) is 0 Å². The molecule has 0 amide bonds. The number of ether oxygens (including phenoxy) is 1. The molecule has 1 aromatic carbocycles. The first-order valence-electron chi connectivity index (χ1n) is 7.87. The molecule has 1 N–H and O–H groups in total. The highest BCUT2D eigenvalue weighted by Crippen LogP contribution is 2.43. The Hall–Kier alpha value is -0.220. The fourth-order valence-electron chi connectivity index (χ4n) is 3.61. The van der Waals surface area contributed by atoms with Crippen molar-refractivity contribution in [3.8, 4) is 0 Å². The third-order valence-corrected chi connectivity index (χ3v) is 6.19. The van der Waals surface area contributed by atoms with Gasteiger partial charge in [0, 0.05) is 22.3 Å². The van der Waals surface area contributed by atoms with Crippen molar-refractivity contribution in [1.82, 2.24) is 0 Å². The standard InChI is InChI=1S/C17H23ClO2S/c18-14-3-5-15(6-4-14)21-12-16(19)13-7-10-20-17(11-13)8-1-2-9-17/h3-6,13,16,19H,1-2,7-12H2. The summed E-state index contributed by atoms with van der Waals surface area (Å²) in [6.07, 6.45) is 6.71. The maximum Gasteiger partial charge on any atom is 0.0686 e. The van der Waals surface area contributed by atoms with Crippen LogP contribution >= 0.6 is 23.4 Å². The molecule has 21 heavy (non-hydrogen) atoms. The smallest absolute Gasteiger partial charge is 0.0686 e. The van der Waals surface area contributed by atoms with Gasteiger partial charge in [0.1, 0.15) is 0 Å². The lowest BCUT2D eigenvalue weighted by atomic mass is 9.82. The Labute approximate surface area is 136 Å². The highest BCUT2D eigenvalue weighted by atomic mass is 35.5. The Bertz CT molecular complexity index is 456. The first kappa shape index (κ1) is 15.7. The van der Waals surface area contributed by atoms with E-state index in [1.807, 2.05) is 24.3 Å². The zero-order valence-corrected chi connectivity index (χ0v) is 13.8. The van der Waals surface area contributed by atoms with E-state index in [0.29, 0.717) is 5.92 Å². The average molecular weight is 327 g/mol. The summed E-state index contributed by atoms with van der Waals surface area (Å²) < 4.78 is 6.05. The van der Waals surface area contributed by atoms with Crippen molar-refractivity contribution in [2.24, 2.45) is 5.92 Å². The zero-order chi connectivity index (χ0) is 14.7. The molecule has 1 saturated heterocycles. The van der Waals surface area contributed by atoms with Crippen LogP contribution in [0.3, 0.4) is 0 Å². The fourth-order valence-corrected chi connectivity index (χ4v) is 4.70. The number of hydrogen-bond donors (Lipinski definition) is 1. The molecular formula is C17H23ClO2S. The van der Waals surface area contributed by atoms with Crippen molar-refractivity contribution in [3.63, 3.8) is 0 Å². The summed E-state index contributed by atoms with van der Waals surface area (Å²) in [4.78, 5) is 1.17. The topological polar surface area (TPSA) is 29.5 Å². The van der Waals surface area contributed by atoms with Crippen LogP contribution in [0.4, 0.5) is 0 Å². The summed E-state index contributed by atoms with van der Waals surface area (Å²) in [6, 6.07) is 7.83. The third-order valence-electron chi connectivity index (χ3n) is 4.82. The molecule has 1 spiro atoms. The van der Waals surface area contributed by atoms with Gasteiger partial charge in [-0.3, -0.25) is 0 Å². The summed E-state index contributed by atoms with van der Waals surface area (Å²) in [5, 5.41) is 11.3. The van der Waals surface area contributed by atoms with Crippen LogP contribution in [0.15, 0.2) is 29.2 Å². The molecule has 1 aliphatic heterocycles. The van der Waals surface area contributed by atoms with Crippen molar-refractivity contribution in [1.29, 1.82) is 0 Å². The SMILES string of the molecule is OC(CSc1ccc(Cl)cc1)C1CCOC2(CCCC2)C1. The van der Waals surface area contributed by atoms with E-state index < -0.39 is 0 Å². The van der Waals surface area contributed by atoms with Gasteiger partial charge in [0.25, 0.3) is 0 Å². The Morgan fingerprint density at radius 3 is 2.71 bits per heavy atom. The van der Waals surface area contributed by atoms with Crippen LogP contribution in [0.5, 0.6) is 0 Å². The van der Waals surface area contributed by atoms with E-state index >= 15 is 0 Å². The van der Waals surface area contributed by atoms with E-state index in [-0.39, 0.29) is 11.7 Å². The number of hydrogen-bond acceptors (Lipinski definition) is 3. The first-order chi connectivity index (χ1) is 10.2. The predicted octanol–water partition coefficient (Wildman–Crippen LogP) is 4.53. The van der Waals surface area contributed by atoms with Crippen LogP contribution in [0.1, 0.15) is 38.5 Å². The summed E-state index contributed by atoms with van der Waals surface area (Å²) in [5.41, 5.74) is 0.0921. The number of aliphatic hydroxyl groups excluding tert-OH is 1. The Kier molecular flexibility index (Phi) is 5.15. The van der Waals surface area contributed by atoms with E-state index in [0.717, 1.165) is 30.2 Å². The lowest BCUT2D eigenvalue weighted by molar-refractivity contribution is -0.109. The summed E-state index contributed by atoms with van der Waals surface area (Å²) >= 11 is 7.61. The van der Waals surface area contributed by atoms with Crippen molar-refractivity contribution >= 4 is 23.4 Å². The maximum absolute atomic E-state index is 10.5. The van der Waals surface area contributed by atoms with Gasteiger partial charge in [-0.25, -0.2) is 0 Å². The van der Waals surface area contributed by atoms with E-state index in [1.54, 1.807) is 11.8 Å². The molecule has 116 valence electrons. The minimum absolute atomic E-state index is 0.0921. The highest BCUT2D eigenvalue weighted by Gasteiger charge is 2.41. The quantitative estimate of drug-likeness (QED) is 0.824. The summed E-state index contributed by atoms with van der Waals surface area (Å²) in [7, 11) is 0. The zero-order valence-electron chi connectivity index (χ0n) is 12.3. The maximum atomic E-state index is 10.5. The van der Waals surface area contributed by atoms with Crippen LogP contribution in [0, 0.1) is 5.92 Å². The van der Waals surface area contributed by atoms with Crippen molar-refractivity contribution in [2.45, 2.75) is 55.1 Å². The summed E-state index contributed by atoms with van der Waals surface area (Å²) in [5.74, 6) is 1.14. The number of rotatable bonds is 4. The second-order valence-electron chi connectivity index (χ2n) is 6.32. The molecule has 2 aliphatic rings.